The molecule has 0 aliphatic carbocycles. The first-order chi connectivity index (χ1) is 8.65. The normalized spacial score (nSPS) is 14.6. The van der Waals surface area contributed by atoms with Crippen LogP contribution in [0, 0.1) is 0 Å². The molecule has 0 aliphatic heterocycles. The summed E-state index contributed by atoms with van der Waals surface area (Å²) in [5.41, 5.74) is 0.325. The van der Waals surface area contributed by atoms with E-state index in [4.69, 9.17) is 11.6 Å². The second-order valence-electron chi connectivity index (χ2n) is 4.21. The van der Waals surface area contributed by atoms with Crippen molar-refractivity contribution < 1.29 is 15.3 Å². The van der Waals surface area contributed by atoms with Gasteiger partial charge in [-0.2, -0.15) is 0 Å². The fraction of sp³-hybridized carbons (Fsp3) is 0.286. The van der Waals surface area contributed by atoms with E-state index in [0.29, 0.717) is 10.9 Å². The Hall–Kier alpha value is -1.29. The van der Waals surface area contributed by atoms with Crippen molar-refractivity contribution in [1.82, 2.24) is 0 Å². The van der Waals surface area contributed by atoms with Gasteiger partial charge in [0.1, 0.15) is 11.9 Å². The Morgan fingerprint density at radius 2 is 1.78 bits per heavy atom. The molecule has 2 aromatic rings. The molecule has 0 saturated heterocycles. The van der Waals surface area contributed by atoms with Crippen LogP contribution in [0.15, 0.2) is 36.4 Å². The van der Waals surface area contributed by atoms with Gasteiger partial charge in [-0.05, 0) is 11.8 Å². The maximum atomic E-state index is 10.1. The summed E-state index contributed by atoms with van der Waals surface area (Å²) in [6.07, 6.45) is -1.84. The number of rotatable bonds is 4. The quantitative estimate of drug-likeness (QED) is 0.746. The minimum Gasteiger partial charge on any atom is -0.507 e. The molecule has 0 aliphatic rings. The van der Waals surface area contributed by atoms with Crippen molar-refractivity contribution in [2.75, 3.05) is 5.88 Å². The number of hydrogen-bond acceptors (Lipinski definition) is 3. The summed E-state index contributed by atoms with van der Waals surface area (Å²) in [4.78, 5) is 0. The summed E-state index contributed by atoms with van der Waals surface area (Å²) in [6.45, 7) is 0. The van der Waals surface area contributed by atoms with E-state index in [1.165, 1.54) is 0 Å². The SMILES string of the molecule is Oc1c(C(O)C(O)CCCl)ccc2ccccc12. The zero-order valence-electron chi connectivity index (χ0n) is 9.75. The Bertz CT molecular complexity index is 542. The van der Waals surface area contributed by atoms with E-state index in [0.717, 1.165) is 5.39 Å². The molecule has 4 heteroatoms. The van der Waals surface area contributed by atoms with E-state index in [9.17, 15) is 15.3 Å². The largest absolute Gasteiger partial charge is 0.507 e. The average Bonchev–Trinajstić information content (AvgIpc) is 2.39. The molecule has 2 rings (SSSR count). The van der Waals surface area contributed by atoms with E-state index < -0.39 is 12.2 Å². The van der Waals surface area contributed by atoms with Gasteiger partial charge in [-0.15, -0.1) is 11.6 Å². The van der Waals surface area contributed by atoms with Crippen LogP contribution in [0.5, 0.6) is 5.75 Å². The van der Waals surface area contributed by atoms with Crippen LogP contribution in [-0.2, 0) is 0 Å². The van der Waals surface area contributed by atoms with Crippen molar-refractivity contribution >= 4 is 22.4 Å². The highest BCUT2D eigenvalue weighted by molar-refractivity contribution is 6.17. The number of halogens is 1. The lowest BCUT2D eigenvalue weighted by Crippen LogP contribution is -2.18. The zero-order chi connectivity index (χ0) is 13.1. The average molecular weight is 267 g/mol. The monoisotopic (exact) mass is 266 g/mol. The predicted molar refractivity (Wildman–Crippen MR) is 71.9 cm³/mol. The molecule has 2 aromatic carbocycles. The first-order valence-corrected chi connectivity index (χ1v) is 6.31. The summed E-state index contributed by atoms with van der Waals surface area (Å²) < 4.78 is 0. The minimum absolute atomic E-state index is 0.00854. The highest BCUT2D eigenvalue weighted by Crippen LogP contribution is 2.34. The predicted octanol–water partition coefficient (Wildman–Crippen LogP) is 2.57. The number of alkyl halides is 1. The van der Waals surface area contributed by atoms with Crippen molar-refractivity contribution in [1.29, 1.82) is 0 Å². The Labute approximate surface area is 110 Å². The summed E-state index contributed by atoms with van der Waals surface area (Å²) >= 11 is 5.53. The van der Waals surface area contributed by atoms with Gasteiger partial charge in [-0.3, -0.25) is 0 Å². The van der Waals surface area contributed by atoms with E-state index in [-0.39, 0.29) is 18.1 Å². The van der Waals surface area contributed by atoms with Gasteiger partial charge < -0.3 is 15.3 Å². The smallest absolute Gasteiger partial charge is 0.129 e. The van der Waals surface area contributed by atoms with Crippen LogP contribution in [0.25, 0.3) is 10.8 Å². The Kier molecular flexibility index (Phi) is 4.07. The summed E-state index contributed by atoms with van der Waals surface area (Å²) in [5, 5.41) is 31.4. The van der Waals surface area contributed by atoms with Crippen LogP contribution in [0.3, 0.4) is 0 Å². The molecular weight excluding hydrogens is 252 g/mol. The van der Waals surface area contributed by atoms with Gasteiger partial charge in [0, 0.05) is 16.8 Å². The highest BCUT2D eigenvalue weighted by Gasteiger charge is 2.21. The molecule has 18 heavy (non-hydrogen) atoms. The molecule has 0 radical (unpaired) electrons. The van der Waals surface area contributed by atoms with E-state index in [1.54, 1.807) is 18.2 Å². The van der Waals surface area contributed by atoms with Crippen molar-refractivity contribution in [3.05, 3.63) is 42.0 Å². The third-order valence-corrected chi connectivity index (χ3v) is 3.24. The number of fused-ring (bicyclic) bond motifs is 1. The number of phenols is 1. The lowest BCUT2D eigenvalue weighted by molar-refractivity contribution is 0.0158. The molecular formula is C14H15ClO3. The number of aromatic hydroxyl groups is 1. The van der Waals surface area contributed by atoms with Crippen LogP contribution in [0.2, 0.25) is 0 Å². The lowest BCUT2D eigenvalue weighted by atomic mass is 9.98. The second kappa shape index (κ2) is 5.57. The molecule has 0 fully saturated rings. The summed E-state index contributed by atoms with van der Waals surface area (Å²) in [5.74, 6) is 0.265. The molecule has 0 spiro atoms. The first kappa shape index (κ1) is 13.1. The Balaban J connectivity index is 2.42. The zero-order valence-corrected chi connectivity index (χ0v) is 10.5. The van der Waals surface area contributed by atoms with E-state index >= 15 is 0 Å². The van der Waals surface area contributed by atoms with Gasteiger partial charge in [0.15, 0.2) is 0 Å². The molecule has 2 atom stereocenters. The third-order valence-electron chi connectivity index (χ3n) is 3.02. The Morgan fingerprint density at radius 3 is 2.50 bits per heavy atom. The van der Waals surface area contributed by atoms with Crippen LogP contribution in [0.1, 0.15) is 18.1 Å². The number of aliphatic hydroxyl groups is 2. The molecule has 2 unspecified atom stereocenters. The van der Waals surface area contributed by atoms with Crippen molar-refractivity contribution in [2.24, 2.45) is 0 Å². The molecule has 0 saturated carbocycles. The van der Waals surface area contributed by atoms with Gasteiger partial charge >= 0.3 is 0 Å². The highest BCUT2D eigenvalue weighted by atomic mass is 35.5. The van der Waals surface area contributed by atoms with Crippen molar-refractivity contribution in [3.8, 4) is 5.75 Å². The molecule has 96 valence electrons. The minimum atomic E-state index is -1.13. The Morgan fingerprint density at radius 1 is 1.06 bits per heavy atom. The number of benzene rings is 2. The van der Waals surface area contributed by atoms with Gasteiger partial charge in [0.25, 0.3) is 0 Å². The van der Waals surface area contributed by atoms with Gasteiger partial charge in [-0.25, -0.2) is 0 Å². The molecule has 0 heterocycles. The van der Waals surface area contributed by atoms with Crippen LogP contribution in [0.4, 0.5) is 0 Å². The third kappa shape index (κ3) is 2.43. The van der Waals surface area contributed by atoms with Gasteiger partial charge in [0.05, 0.1) is 6.10 Å². The molecule has 3 N–H and O–H groups in total. The van der Waals surface area contributed by atoms with E-state index in [1.807, 2.05) is 18.2 Å². The summed E-state index contributed by atoms with van der Waals surface area (Å²) in [7, 11) is 0. The number of hydrogen-bond donors (Lipinski definition) is 3. The van der Waals surface area contributed by atoms with Crippen LogP contribution in [-0.4, -0.2) is 27.3 Å². The maximum absolute atomic E-state index is 10.1. The van der Waals surface area contributed by atoms with Crippen molar-refractivity contribution in [2.45, 2.75) is 18.6 Å². The number of phenolic OH excluding ortho intramolecular Hbond substituents is 1. The van der Waals surface area contributed by atoms with Gasteiger partial charge in [-0.1, -0.05) is 36.4 Å². The summed E-state index contributed by atoms with van der Waals surface area (Å²) in [6, 6.07) is 10.8. The molecule has 0 bridgehead atoms. The van der Waals surface area contributed by atoms with Crippen LogP contribution >= 0.6 is 11.6 Å². The first-order valence-electron chi connectivity index (χ1n) is 5.78. The number of aliphatic hydroxyl groups excluding tert-OH is 2. The molecule has 0 aromatic heterocycles. The van der Waals surface area contributed by atoms with Crippen LogP contribution < -0.4 is 0 Å². The van der Waals surface area contributed by atoms with Crippen molar-refractivity contribution in [3.63, 3.8) is 0 Å². The molecule has 3 nitrogen and oxygen atoms in total. The lowest BCUT2D eigenvalue weighted by Gasteiger charge is -2.19. The topological polar surface area (TPSA) is 60.7 Å². The van der Waals surface area contributed by atoms with Gasteiger partial charge in [0.2, 0.25) is 0 Å². The second-order valence-corrected chi connectivity index (χ2v) is 4.59. The standard InChI is InChI=1S/C14H15ClO3/c15-8-7-12(16)14(18)11-6-5-9-3-1-2-4-10(9)13(11)17/h1-6,12,14,16-18H,7-8H2. The fourth-order valence-corrected chi connectivity index (χ4v) is 2.21. The fourth-order valence-electron chi connectivity index (χ4n) is 1.99. The van der Waals surface area contributed by atoms with E-state index in [2.05, 4.69) is 0 Å². The molecule has 0 amide bonds. The maximum Gasteiger partial charge on any atom is 0.129 e.